The van der Waals surface area contributed by atoms with E-state index in [1.54, 1.807) is 36.0 Å². The van der Waals surface area contributed by atoms with E-state index in [1.165, 1.54) is 12.1 Å². The molecule has 3 amide bonds. The molecule has 2 aromatic carbocycles. The number of hydrogen-bond donors (Lipinski definition) is 1. The molecule has 0 spiro atoms. The lowest BCUT2D eigenvalue weighted by molar-refractivity contribution is 0.0992. The summed E-state index contributed by atoms with van der Waals surface area (Å²) in [6.07, 6.45) is 0.0109. The van der Waals surface area contributed by atoms with Crippen LogP contribution >= 0.6 is 22.6 Å². The molecule has 0 aliphatic carbocycles. The Morgan fingerprint density at radius 2 is 1.79 bits per heavy atom. The molecular weight excluding hydrogens is 545 g/mol. The smallest absolute Gasteiger partial charge is 0.319 e. The molecule has 7 nitrogen and oxygen atoms in total. The number of halogens is 3. The first-order valence-corrected chi connectivity index (χ1v) is 11.6. The first-order valence-electron chi connectivity index (χ1n) is 10.5. The van der Waals surface area contributed by atoms with Crippen LogP contribution in [0.5, 0.6) is 5.75 Å². The van der Waals surface area contributed by atoms with E-state index >= 15 is 0 Å². The van der Waals surface area contributed by atoms with Crippen molar-refractivity contribution in [3.8, 4) is 5.75 Å². The Labute approximate surface area is 205 Å². The Kier molecular flexibility index (Phi) is 8.46. The minimum absolute atomic E-state index is 0.0109. The van der Waals surface area contributed by atoms with Gasteiger partial charge in [-0.3, -0.25) is 9.69 Å². The topological polar surface area (TPSA) is 79.1 Å². The summed E-state index contributed by atoms with van der Waals surface area (Å²) in [5.41, 5.74) is 6.23. The molecule has 1 aliphatic rings. The maximum Gasteiger partial charge on any atom is 0.319 e. The number of rotatable bonds is 7. The Morgan fingerprint density at radius 3 is 2.39 bits per heavy atom. The highest BCUT2D eigenvalue weighted by molar-refractivity contribution is 14.1. The molecule has 10 heteroatoms. The number of carbonyl (C=O) groups is 2. The highest BCUT2D eigenvalue weighted by Gasteiger charge is 2.23. The van der Waals surface area contributed by atoms with Gasteiger partial charge in [0, 0.05) is 62.9 Å². The SMILES string of the molecule is CN(C)C(=O)N1CCN(CCOc2cc(F)cc(Cc3ccc(I)cc3F)c2C(N)=O)CC1. The zero-order chi connectivity index (χ0) is 24.1. The van der Waals surface area contributed by atoms with Gasteiger partial charge in [-0.05, 0) is 51.9 Å². The number of carbonyl (C=O) groups excluding carboxylic acids is 2. The van der Waals surface area contributed by atoms with Gasteiger partial charge in [-0.1, -0.05) is 6.07 Å². The van der Waals surface area contributed by atoms with Gasteiger partial charge in [0.15, 0.2) is 0 Å². The number of hydrogen-bond acceptors (Lipinski definition) is 4. The van der Waals surface area contributed by atoms with Gasteiger partial charge in [-0.25, -0.2) is 13.6 Å². The lowest BCUT2D eigenvalue weighted by Gasteiger charge is -2.35. The second-order valence-corrected chi connectivity index (χ2v) is 9.31. The lowest BCUT2D eigenvalue weighted by atomic mass is 9.98. The van der Waals surface area contributed by atoms with Crippen LogP contribution in [0.15, 0.2) is 30.3 Å². The summed E-state index contributed by atoms with van der Waals surface area (Å²) in [6, 6.07) is 7.02. The standard InChI is InChI=1S/C23H27F2IN4O3/c1-28(2)23(32)30-7-5-29(6-8-30)9-10-33-20-13-17(24)12-16(21(20)22(27)31)11-15-3-4-18(26)14-19(15)25/h3-4,12-14H,5-11H2,1-2H3,(H2,27,31). The van der Waals surface area contributed by atoms with Crippen molar-refractivity contribution in [3.63, 3.8) is 0 Å². The van der Waals surface area contributed by atoms with Crippen molar-refractivity contribution >= 4 is 34.5 Å². The van der Waals surface area contributed by atoms with Crippen molar-refractivity contribution in [2.45, 2.75) is 6.42 Å². The average molecular weight is 572 g/mol. The summed E-state index contributed by atoms with van der Waals surface area (Å²) in [6.45, 7) is 3.34. The number of amides is 3. The Hall–Kier alpha value is -2.47. The number of urea groups is 1. The van der Waals surface area contributed by atoms with E-state index in [0.29, 0.717) is 38.3 Å². The van der Waals surface area contributed by atoms with Crippen molar-refractivity contribution < 1.29 is 23.1 Å². The third kappa shape index (κ3) is 6.53. The van der Waals surface area contributed by atoms with Crippen molar-refractivity contribution in [3.05, 3.63) is 62.2 Å². The first kappa shape index (κ1) is 25.2. The molecule has 0 radical (unpaired) electrons. The van der Waals surface area contributed by atoms with Gasteiger partial charge >= 0.3 is 6.03 Å². The van der Waals surface area contributed by atoms with Gasteiger partial charge in [0.05, 0.1) is 5.56 Å². The van der Waals surface area contributed by atoms with E-state index in [-0.39, 0.29) is 35.9 Å². The molecule has 0 atom stereocenters. The minimum Gasteiger partial charge on any atom is -0.491 e. The van der Waals surface area contributed by atoms with E-state index < -0.39 is 17.5 Å². The lowest BCUT2D eigenvalue weighted by Crippen LogP contribution is -2.52. The number of nitrogens with two attached hydrogens (primary N) is 1. The fourth-order valence-electron chi connectivity index (χ4n) is 3.77. The number of primary amides is 1. The van der Waals surface area contributed by atoms with Gasteiger partial charge in [0.25, 0.3) is 5.91 Å². The van der Waals surface area contributed by atoms with Crippen LogP contribution in [0.3, 0.4) is 0 Å². The van der Waals surface area contributed by atoms with E-state index in [1.807, 2.05) is 22.6 Å². The zero-order valence-electron chi connectivity index (χ0n) is 18.6. The number of piperazine rings is 1. The summed E-state index contributed by atoms with van der Waals surface area (Å²) in [7, 11) is 3.44. The van der Waals surface area contributed by atoms with Gasteiger partial charge < -0.3 is 20.3 Å². The minimum atomic E-state index is -0.762. The van der Waals surface area contributed by atoms with E-state index in [9.17, 15) is 18.4 Å². The molecule has 0 unspecified atom stereocenters. The van der Waals surface area contributed by atoms with Crippen LogP contribution in [0, 0.1) is 15.2 Å². The van der Waals surface area contributed by atoms with Crippen LogP contribution < -0.4 is 10.5 Å². The van der Waals surface area contributed by atoms with Crippen molar-refractivity contribution in [2.75, 3.05) is 53.4 Å². The number of benzene rings is 2. The van der Waals surface area contributed by atoms with Gasteiger partial charge in [0.2, 0.25) is 0 Å². The highest BCUT2D eigenvalue weighted by atomic mass is 127. The second kappa shape index (κ2) is 11.1. The molecule has 0 saturated carbocycles. The van der Waals surface area contributed by atoms with Crippen molar-refractivity contribution in [1.29, 1.82) is 0 Å². The fraction of sp³-hybridized carbons (Fsp3) is 0.391. The quantitative estimate of drug-likeness (QED) is 0.518. The average Bonchev–Trinajstić information content (AvgIpc) is 2.75. The zero-order valence-corrected chi connectivity index (χ0v) is 20.8. The number of nitrogens with zero attached hydrogens (tertiary/aromatic N) is 3. The van der Waals surface area contributed by atoms with Crippen molar-refractivity contribution in [2.24, 2.45) is 5.73 Å². The summed E-state index contributed by atoms with van der Waals surface area (Å²) < 4.78 is 35.1. The molecule has 1 saturated heterocycles. The molecule has 178 valence electrons. The van der Waals surface area contributed by atoms with Crippen molar-refractivity contribution in [1.82, 2.24) is 14.7 Å². The van der Waals surface area contributed by atoms with E-state index in [0.717, 1.165) is 9.64 Å². The summed E-state index contributed by atoms with van der Waals surface area (Å²) in [4.78, 5) is 29.7. The van der Waals surface area contributed by atoms with Gasteiger partial charge in [-0.15, -0.1) is 0 Å². The molecule has 0 bridgehead atoms. The van der Waals surface area contributed by atoms with Crippen LogP contribution in [0.1, 0.15) is 21.5 Å². The summed E-state index contributed by atoms with van der Waals surface area (Å²) in [5, 5.41) is 0. The van der Waals surface area contributed by atoms with Gasteiger partial charge in [0.1, 0.15) is 24.0 Å². The molecule has 33 heavy (non-hydrogen) atoms. The third-order valence-electron chi connectivity index (χ3n) is 5.48. The van der Waals surface area contributed by atoms with E-state index in [2.05, 4.69) is 4.90 Å². The Morgan fingerprint density at radius 1 is 1.09 bits per heavy atom. The molecule has 1 aliphatic heterocycles. The predicted molar refractivity (Wildman–Crippen MR) is 129 cm³/mol. The molecule has 1 fully saturated rings. The predicted octanol–water partition coefficient (Wildman–Crippen LogP) is 2.94. The normalized spacial score (nSPS) is 14.3. The Bertz CT molecular complexity index is 1030. The maximum atomic E-state index is 14.3. The van der Waals surface area contributed by atoms with Crippen LogP contribution in [-0.2, 0) is 6.42 Å². The molecular formula is C23H27F2IN4O3. The fourth-order valence-corrected chi connectivity index (χ4v) is 4.22. The molecule has 0 aromatic heterocycles. The van der Waals surface area contributed by atoms with Crippen LogP contribution in [0.25, 0.3) is 0 Å². The van der Waals surface area contributed by atoms with E-state index in [4.69, 9.17) is 10.5 Å². The van der Waals surface area contributed by atoms with Crippen LogP contribution in [-0.4, -0.2) is 80.1 Å². The largest absolute Gasteiger partial charge is 0.491 e. The maximum absolute atomic E-state index is 14.3. The highest BCUT2D eigenvalue weighted by Crippen LogP contribution is 2.27. The van der Waals surface area contributed by atoms with Crippen LogP contribution in [0.4, 0.5) is 13.6 Å². The van der Waals surface area contributed by atoms with Crippen LogP contribution in [0.2, 0.25) is 0 Å². The molecule has 3 rings (SSSR count). The number of ether oxygens (including phenoxy) is 1. The van der Waals surface area contributed by atoms with Gasteiger partial charge in [-0.2, -0.15) is 0 Å². The third-order valence-corrected chi connectivity index (χ3v) is 6.15. The summed E-state index contributed by atoms with van der Waals surface area (Å²) >= 11 is 2.00. The monoisotopic (exact) mass is 572 g/mol. The Balaban J connectivity index is 1.67. The first-order chi connectivity index (χ1) is 15.7. The molecule has 2 aromatic rings. The molecule has 1 heterocycles. The summed E-state index contributed by atoms with van der Waals surface area (Å²) in [5.74, 6) is -1.74. The second-order valence-electron chi connectivity index (χ2n) is 8.07. The molecule has 2 N–H and O–H groups in total.